The molecule has 2 saturated heterocycles. The number of imide groups is 1. The summed E-state index contributed by atoms with van der Waals surface area (Å²) in [6, 6.07) is 10.7. The summed E-state index contributed by atoms with van der Waals surface area (Å²) in [5.41, 5.74) is 2.45. The lowest BCUT2D eigenvalue weighted by Gasteiger charge is -2.30. The van der Waals surface area contributed by atoms with E-state index >= 15 is 0 Å². The average molecular weight is 461 g/mol. The standard InChI is InChI=1S/C23H22Cl2N2O4/c24-13-8-18-17(19(25)9-13)11-20(26-7-6-15(28)12-26)23(18)31-16-3-1-2-14(10-16)27-21(29)4-5-22(27)30/h1-3,8-10,15,20,23,28H,4-7,11-12H2/t15?,20-,23-/m0/s1. The number of amides is 2. The molecule has 1 N–H and O–H groups in total. The molecule has 2 amide bonds. The molecule has 5 rings (SSSR count). The molecule has 1 unspecified atom stereocenters. The van der Waals surface area contributed by atoms with E-state index in [-0.39, 0.29) is 42.9 Å². The molecule has 31 heavy (non-hydrogen) atoms. The molecule has 3 atom stereocenters. The second-order valence-electron chi connectivity index (χ2n) is 8.32. The predicted molar refractivity (Wildman–Crippen MR) is 118 cm³/mol. The Labute approximate surface area is 190 Å². The van der Waals surface area contributed by atoms with Gasteiger partial charge >= 0.3 is 0 Å². The van der Waals surface area contributed by atoms with Gasteiger partial charge in [-0.1, -0.05) is 29.3 Å². The number of nitrogens with zero attached hydrogens (tertiary/aromatic N) is 2. The quantitative estimate of drug-likeness (QED) is 0.703. The molecule has 2 aromatic rings. The average Bonchev–Trinajstić information content (AvgIpc) is 3.40. The zero-order valence-electron chi connectivity index (χ0n) is 16.8. The summed E-state index contributed by atoms with van der Waals surface area (Å²) in [7, 11) is 0. The number of likely N-dealkylation sites (tertiary alicyclic amines) is 1. The van der Waals surface area contributed by atoms with E-state index in [9.17, 15) is 14.7 Å². The van der Waals surface area contributed by atoms with Gasteiger partial charge in [0.25, 0.3) is 0 Å². The van der Waals surface area contributed by atoms with Crippen molar-refractivity contribution >= 4 is 40.7 Å². The van der Waals surface area contributed by atoms with Crippen LogP contribution >= 0.6 is 23.2 Å². The molecule has 162 valence electrons. The van der Waals surface area contributed by atoms with Crippen molar-refractivity contribution in [2.45, 2.75) is 43.9 Å². The van der Waals surface area contributed by atoms with Crippen LogP contribution in [0.1, 0.15) is 36.5 Å². The maximum atomic E-state index is 12.1. The van der Waals surface area contributed by atoms with Gasteiger partial charge in [0, 0.05) is 47.6 Å². The van der Waals surface area contributed by atoms with E-state index in [1.807, 2.05) is 12.1 Å². The predicted octanol–water partition coefficient (Wildman–Crippen LogP) is 3.76. The first-order chi connectivity index (χ1) is 14.9. The van der Waals surface area contributed by atoms with Crippen molar-refractivity contribution in [3.8, 4) is 5.75 Å². The number of aliphatic hydroxyl groups excluding tert-OH is 1. The molecule has 0 radical (unpaired) electrons. The lowest BCUT2D eigenvalue weighted by atomic mass is 10.1. The number of fused-ring (bicyclic) bond motifs is 1. The molecule has 0 bridgehead atoms. The zero-order valence-corrected chi connectivity index (χ0v) is 18.3. The molecule has 2 fully saturated rings. The smallest absolute Gasteiger partial charge is 0.234 e. The van der Waals surface area contributed by atoms with Gasteiger partial charge in [0.2, 0.25) is 11.8 Å². The number of carbonyl (C=O) groups is 2. The highest BCUT2D eigenvalue weighted by Crippen LogP contribution is 2.43. The van der Waals surface area contributed by atoms with Gasteiger partial charge in [-0.2, -0.15) is 0 Å². The third-order valence-corrected chi connectivity index (χ3v) is 6.87. The third kappa shape index (κ3) is 3.82. The molecule has 8 heteroatoms. The minimum absolute atomic E-state index is 0.00169. The summed E-state index contributed by atoms with van der Waals surface area (Å²) in [6.07, 6.45) is 1.21. The Balaban J connectivity index is 1.48. The number of halogens is 2. The molecule has 1 aliphatic carbocycles. The van der Waals surface area contributed by atoms with Gasteiger partial charge in [0.1, 0.15) is 11.9 Å². The monoisotopic (exact) mass is 460 g/mol. The van der Waals surface area contributed by atoms with Gasteiger partial charge in [-0.05, 0) is 42.7 Å². The molecule has 2 heterocycles. The highest BCUT2D eigenvalue weighted by Gasteiger charge is 2.42. The van der Waals surface area contributed by atoms with E-state index in [0.717, 1.165) is 24.1 Å². The van der Waals surface area contributed by atoms with Crippen molar-refractivity contribution in [3.05, 3.63) is 57.6 Å². The molecular formula is C23H22Cl2N2O4. The Morgan fingerprint density at radius 3 is 2.55 bits per heavy atom. The van der Waals surface area contributed by atoms with Crippen molar-refractivity contribution in [2.24, 2.45) is 0 Å². The first-order valence-corrected chi connectivity index (χ1v) is 11.2. The van der Waals surface area contributed by atoms with Crippen molar-refractivity contribution in [2.75, 3.05) is 18.0 Å². The highest BCUT2D eigenvalue weighted by atomic mass is 35.5. The fraction of sp³-hybridized carbons (Fsp3) is 0.391. The number of hydrogen-bond donors (Lipinski definition) is 1. The summed E-state index contributed by atoms with van der Waals surface area (Å²) in [6.45, 7) is 1.36. The number of β-amino-alcohol motifs (C(OH)–C–C–N with tert-alkyl or cyclic N) is 1. The van der Waals surface area contributed by atoms with Crippen LogP contribution < -0.4 is 9.64 Å². The molecular weight excluding hydrogens is 439 g/mol. The normalized spacial score (nSPS) is 26.0. The Morgan fingerprint density at radius 1 is 1.06 bits per heavy atom. The van der Waals surface area contributed by atoms with E-state index in [2.05, 4.69) is 4.90 Å². The second kappa shape index (κ2) is 8.10. The summed E-state index contributed by atoms with van der Waals surface area (Å²) in [5.74, 6) is 0.162. The van der Waals surface area contributed by atoms with Crippen LogP contribution in [-0.4, -0.2) is 47.1 Å². The fourth-order valence-corrected chi connectivity index (χ4v) is 5.44. The maximum absolute atomic E-state index is 12.1. The Kier molecular flexibility index (Phi) is 5.42. The van der Waals surface area contributed by atoms with Crippen LogP contribution in [0.15, 0.2) is 36.4 Å². The summed E-state index contributed by atoms with van der Waals surface area (Å²) in [4.78, 5) is 27.7. The van der Waals surface area contributed by atoms with Crippen LogP contribution in [0.2, 0.25) is 10.0 Å². The van der Waals surface area contributed by atoms with E-state index in [4.69, 9.17) is 27.9 Å². The van der Waals surface area contributed by atoms with E-state index in [1.165, 1.54) is 4.90 Å². The van der Waals surface area contributed by atoms with Crippen LogP contribution in [0.3, 0.4) is 0 Å². The largest absolute Gasteiger partial charge is 0.484 e. The molecule has 6 nitrogen and oxygen atoms in total. The highest BCUT2D eigenvalue weighted by molar-refractivity contribution is 6.35. The van der Waals surface area contributed by atoms with Crippen molar-refractivity contribution in [1.29, 1.82) is 0 Å². The summed E-state index contributed by atoms with van der Waals surface area (Å²) >= 11 is 12.8. The second-order valence-corrected chi connectivity index (χ2v) is 9.17. The number of ether oxygens (including phenoxy) is 1. The summed E-state index contributed by atoms with van der Waals surface area (Å²) in [5, 5.41) is 11.2. The van der Waals surface area contributed by atoms with Gasteiger partial charge in [0.05, 0.1) is 17.8 Å². The lowest BCUT2D eigenvalue weighted by molar-refractivity contribution is -0.121. The number of benzene rings is 2. The molecule has 3 aliphatic rings. The van der Waals surface area contributed by atoms with E-state index < -0.39 is 0 Å². The summed E-state index contributed by atoms with van der Waals surface area (Å²) < 4.78 is 6.45. The third-order valence-electron chi connectivity index (χ3n) is 6.32. The fourth-order valence-electron chi connectivity index (χ4n) is 4.86. The zero-order chi connectivity index (χ0) is 21.7. The van der Waals surface area contributed by atoms with Gasteiger partial charge in [-0.25, -0.2) is 0 Å². The van der Waals surface area contributed by atoms with Gasteiger partial charge in [-0.15, -0.1) is 0 Å². The number of aliphatic hydroxyl groups is 1. The number of rotatable bonds is 4. The van der Waals surface area contributed by atoms with Gasteiger partial charge in [-0.3, -0.25) is 19.4 Å². The van der Waals surface area contributed by atoms with Crippen LogP contribution in [0.5, 0.6) is 5.75 Å². The van der Waals surface area contributed by atoms with Crippen LogP contribution in [-0.2, 0) is 16.0 Å². The minimum Gasteiger partial charge on any atom is -0.484 e. The maximum Gasteiger partial charge on any atom is 0.234 e. The molecule has 2 aromatic carbocycles. The topological polar surface area (TPSA) is 70.1 Å². The van der Waals surface area contributed by atoms with Crippen molar-refractivity contribution in [1.82, 2.24) is 4.90 Å². The molecule has 0 aromatic heterocycles. The lowest BCUT2D eigenvalue weighted by Crippen LogP contribution is -2.39. The molecule has 0 spiro atoms. The first kappa shape index (κ1) is 20.8. The van der Waals surface area contributed by atoms with Crippen LogP contribution in [0.4, 0.5) is 5.69 Å². The number of anilines is 1. The van der Waals surface area contributed by atoms with Crippen LogP contribution in [0.25, 0.3) is 0 Å². The Morgan fingerprint density at radius 2 is 1.84 bits per heavy atom. The Hall–Kier alpha value is -2.12. The molecule has 2 aliphatic heterocycles. The SMILES string of the molecule is O=C1CCC(=O)N1c1cccc(O[C@H]2c3cc(Cl)cc(Cl)c3C[C@@H]2N2CCC(O)C2)c1. The Bertz CT molecular complexity index is 1040. The number of hydrogen-bond acceptors (Lipinski definition) is 5. The van der Waals surface area contributed by atoms with Crippen LogP contribution in [0, 0.1) is 0 Å². The van der Waals surface area contributed by atoms with Crippen molar-refractivity contribution < 1.29 is 19.4 Å². The molecule has 0 saturated carbocycles. The van der Waals surface area contributed by atoms with Gasteiger partial charge < -0.3 is 9.84 Å². The number of carbonyl (C=O) groups excluding carboxylic acids is 2. The van der Waals surface area contributed by atoms with E-state index in [1.54, 1.807) is 24.3 Å². The van der Waals surface area contributed by atoms with Gasteiger partial charge in [0.15, 0.2) is 0 Å². The minimum atomic E-state index is -0.348. The van der Waals surface area contributed by atoms with E-state index in [0.29, 0.717) is 34.4 Å². The first-order valence-electron chi connectivity index (χ1n) is 10.4. The van der Waals surface area contributed by atoms with Crippen molar-refractivity contribution in [3.63, 3.8) is 0 Å².